The molecule has 3 rings (SSSR count). The number of rotatable bonds is 5. The van der Waals surface area contributed by atoms with Crippen molar-refractivity contribution in [2.75, 3.05) is 13.1 Å². The predicted molar refractivity (Wildman–Crippen MR) is 99.1 cm³/mol. The monoisotopic (exact) mass is 360 g/mol. The molecule has 1 aromatic carbocycles. The fourth-order valence-corrected chi connectivity index (χ4v) is 4.18. The number of nitrogens with zero attached hydrogens (tertiary/aromatic N) is 1. The Morgan fingerprint density at radius 2 is 1.73 bits per heavy atom. The molecule has 2 saturated heterocycles. The largest absolute Gasteiger partial charge is 0.350 e. The maximum atomic E-state index is 13.2. The zero-order valence-electron chi connectivity index (χ0n) is 15.4. The summed E-state index contributed by atoms with van der Waals surface area (Å²) in [6.07, 6.45) is 8.83. The van der Waals surface area contributed by atoms with Crippen molar-refractivity contribution in [1.29, 1.82) is 0 Å². The van der Waals surface area contributed by atoms with Crippen LogP contribution in [-0.2, 0) is 16.0 Å². The Morgan fingerprint density at radius 1 is 1.08 bits per heavy atom. The van der Waals surface area contributed by atoms with Crippen LogP contribution >= 0.6 is 0 Å². The van der Waals surface area contributed by atoms with Gasteiger partial charge >= 0.3 is 0 Å². The minimum atomic E-state index is -0.382. The Balaban J connectivity index is 1.61. The number of carbonyl (C=O) groups excluding carboxylic acids is 2. The van der Waals surface area contributed by atoms with Crippen molar-refractivity contribution in [2.45, 2.75) is 69.7 Å². The lowest BCUT2D eigenvalue weighted by molar-refractivity contribution is -0.132. The number of benzene rings is 1. The molecule has 142 valence electrons. The third kappa shape index (κ3) is 5.05. The Morgan fingerprint density at radius 3 is 2.35 bits per heavy atom. The minimum Gasteiger partial charge on any atom is -0.350 e. The van der Waals surface area contributed by atoms with E-state index >= 15 is 0 Å². The Hall–Kier alpha value is -1.91. The molecule has 0 radical (unpaired) electrons. The number of hydrogen-bond acceptors (Lipinski definition) is 2. The molecule has 1 aromatic rings. The molecule has 2 heterocycles. The zero-order chi connectivity index (χ0) is 18.4. The van der Waals surface area contributed by atoms with E-state index in [0.29, 0.717) is 25.7 Å². The summed E-state index contributed by atoms with van der Waals surface area (Å²) in [5.41, 5.74) is 0.611. The van der Waals surface area contributed by atoms with Crippen LogP contribution in [0.4, 0.5) is 4.39 Å². The van der Waals surface area contributed by atoms with E-state index in [1.54, 1.807) is 12.1 Å². The van der Waals surface area contributed by atoms with Crippen LogP contribution in [0, 0.1) is 5.82 Å². The van der Waals surface area contributed by atoms with Gasteiger partial charge in [-0.25, -0.2) is 4.39 Å². The standard InChI is InChI=1S/C21H29FN2O2/c22-18-8-6-17(7-9-18)16-21(12-10-19(25)23-21)13-11-20(26)24-14-4-2-1-3-5-15-24/h6-9H,1-5,10-16H2,(H,23,25)/t21-/m0/s1. The summed E-state index contributed by atoms with van der Waals surface area (Å²) in [6.45, 7) is 1.71. The zero-order valence-corrected chi connectivity index (χ0v) is 15.4. The van der Waals surface area contributed by atoms with Gasteiger partial charge < -0.3 is 10.2 Å². The highest BCUT2D eigenvalue weighted by atomic mass is 19.1. The fourth-order valence-electron chi connectivity index (χ4n) is 4.18. The lowest BCUT2D eigenvalue weighted by atomic mass is 9.85. The molecule has 2 aliphatic rings. The highest BCUT2D eigenvalue weighted by molar-refractivity contribution is 5.80. The van der Waals surface area contributed by atoms with Gasteiger partial charge in [0.15, 0.2) is 0 Å². The molecule has 2 amide bonds. The molecule has 0 aromatic heterocycles. The van der Waals surface area contributed by atoms with Gasteiger partial charge in [0.1, 0.15) is 5.82 Å². The maximum absolute atomic E-state index is 13.2. The summed E-state index contributed by atoms with van der Waals surface area (Å²) < 4.78 is 13.2. The van der Waals surface area contributed by atoms with Gasteiger partial charge in [-0.15, -0.1) is 0 Å². The van der Waals surface area contributed by atoms with E-state index in [0.717, 1.165) is 37.9 Å². The SMILES string of the molecule is O=C1CC[C@](CCC(=O)N2CCCCCCC2)(Cc2ccc(F)cc2)N1. The molecule has 2 aliphatic heterocycles. The maximum Gasteiger partial charge on any atom is 0.222 e. The normalized spacial score (nSPS) is 24.0. The van der Waals surface area contributed by atoms with E-state index in [2.05, 4.69) is 5.32 Å². The Bertz CT molecular complexity index is 623. The molecular weight excluding hydrogens is 331 g/mol. The number of likely N-dealkylation sites (tertiary alicyclic amines) is 1. The summed E-state index contributed by atoms with van der Waals surface area (Å²) in [7, 11) is 0. The van der Waals surface area contributed by atoms with E-state index in [9.17, 15) is 14.0 Å². The Kier molecular flexibility index (Phi) is 6.28. The Labute approximate surface area is 155 Å². The van der Waals surface area contributed by atoms with Gasteiger partial charge in [0.05, 0.1) is 0 Å². The molecule has 4 nitrogen and oxygen atoms in total. The molecule has 2 fully saturated rings. The molecule has 0 spiro atoms. The van der Waals surface area contributed by atoms with E-state index in [1.807, 2.05) is 4.90 Å². The molecule has 0 bridgehead atoms. The van der Waals surface area contributed by atoms with Gasteiger partial charge in [0, 0.05) is 31.5 Å². The lowest BCUT2D eigenvalue weighted by Gasteiger charge is -2.31. The minimum absolute atomic E-state index is 0.0471. The van der Waals surface area contributed by atoms with Crippen molar-refractivity contribution in [3.8, 4) is 0 Å². The number of carbonyl (C=O) groups is 2. The second kappa shape index (κ2) is 8.65. The molecule has 0 saturated carbocycles. The number of hydrogen-bond donors (Lipinski definition) is 1. The van der Waals surface area contributed by atoms with Crippen LogP contribution in [0.25, 0.3) is 0 Å². The predicted octanol–water partition coefficient (Wildman–Crippen LogP) is 3.59. The van der Waals surface area contributed by atoms with Crippen LogP contribution in [0.1, 0.15) is 63.4 Å². The summed E-state index contributed by atoms with van der Waals surface area (Å²) in [5, 5.41) is 3.11. The van der Waals surface area contributed by atoms with Gasteiger partial charge in [-0.05, 0) is 49.8 Å². The van der Waals surface area contributed by atoms with E-state index in [1.165, 1.54) is 31.4 Å². The van der Waals surface area contributed by atoms with Crippen molar-refractivity contribution in [3.63, 3.8) is 0 Å². The van der Waals surface area contributed by atoms with Crippen molar-refractivity contribution in [1.82, 2.24) is 10.2 Å². The number of amides is 2. The van der Waals surface area contributed by atoms with Crippen LogP contribution in [0.15, 0.2) is 24.3 Å². The van der Waals surface area contributed by atoms with Gasteiger partial charge in [-0.1, -0.05) is 31.4 Å². The molecule has 5 heteroatoms. The molecule has 1 N–H and O–H groups in total. The van der Waals surface area contributed by atoms with Crippen molar-refractivity contribution in [3.05, 3.63) is 35.6 Å². The second-order valence-corrected chi connectivity index (χ2v) is 7.78. The molecule has 1 atom stereocenters. The number of halogens is 1. The van der Waals surface area contributed by atoms with E-state index in [-0.39, 0.29) is 23.2 Å². The van der Waals surface area contributed by atoms with Crippen LogP contribution in [0.5, 0.6) is 0 Å². The quantitative estimate of drug-likeness (QED) is 0.872. The van der Waals surface area contributed by atoms with Crippen LogP contribution < -0.4 is 5.32 Å². The van der Waals surface area contributed by atoms with Crippen LogP contribution in [0.3, 0.4) is 0 Å². The first-order valence-electron chi connectivity index (χ1n) is 9.90. The highest BCUT2D eigenvalue weighted by Crippen LogP contribution is 2.30. The van der Waals surface area contributed by atoms with Crippen LogP contribution in [-0.4, -0.2) is 35.3 Å². The van der Waals surface area contributed by atoms with Gasteiger partial charge in [-0.2, -0.15) is 0 Å². The third-order valence-corrected chi connectivity index (χ3v) is 5.72. The fraction of sp³-hybridized carbons (Fsp3) is 0.619. The molecule has 26 heavy (non-hydrogen) atoms. The summed E-state index contributed by atoms with van der Waals surface area (Å²) >= 11 is 0. The summed E-state index contributed by atoms with van der Waals surface area (Å²) in [6, 6.07) is 6.43. The topological polar surface area (TPSA) is 49.4 Å². The molecule has 0 aliphatic carbocycles. The second-order valence-electron chi connectivity index (χ2n) is 7.78. The highest BCUT2D eigenvalue weighted by Gasteiger charge is 2.38. The number of nitrogens with one attached hydrogen (secondary N) is 1. The average molecular weight is 360 g/mol. The van der Waals surface area contributed by atoms with Crippen LogP contribution in [0.2, 0.25) is 0 Å². The average Bonchev–Trinajstić information content (AvgIpc) is 2.96. The van der Waals surface area contributed by atoms with Crippen molar-refractivity contribution in [2.24, 2.45) is 0 Å². The smallest absolute Gasteiger partial charge is 0.222 e. The lowest BCUT2D eigenvalue weighted by Crippen LogP contribution is -2.45. The first kappa shape index (κ1) is 18.9. The molecule has 0 unspecified atom stereocenters. The summed E-state index contributed by atoms with van der Waals surface area (Å²) in [4.78, 5) is 26.6. The first-order chi connectivity index (χ1) is 12.6. The van der Waals surface area contributed by atoms with E-state index in [4.69, 9.17) is 0 Å². The summed E-state index contributed by atoms with van der Waals surface area (Å²) in [5.74, 6) is -0.0112. The van der Waals surface area contributed by atoms with Gasteiger partial charge in [0.25, 0.3) is 0 Å². The van der Waals surface area contributed by atoms with Gasteiger partial charge in [0.2, 0.25) is 11.8 Å². The van der Waals surface area contributed by atoms with Crippen molar-refractivity contribution < 1.29 is 14.0 Å². The first-order valence-corrected chi connectivity index (χ1v) is 9.90. The molecular formula is C21H29FN2O2. The van der Waals surface area contributed by atoms with Gasteiger partial charge in [-0.3, -0.25) is 9.59 Å². The third-order valence-electron chi connectivity index (χ3n) is 5.72. The van der Waals surface area contributed by atoms with Crippen molar-refractivity contribution >= 4 is 11.8 Å². The van der Waals surface area contributed by atoms with E-state index < -0.39 is 0 Å².